The summed E-state index contributed by atoms with van der Waals surface area (Å²) in [4.78, 5) is 15.4. The molecule has 0 bridgehead atoms. The molecule has 3 aromatic carbocycles. The zero-order chi connectivity index (χ0) is 22.2. The third kappa shape index (κ3) is 5.40. The van der Waals surface area contributed by atoms with Crippen LogP contribution in [0.4, 0.5) is 0 Å². The van der Waals surface area contributed by atoms with Gasteiger partial charge in [0.2, 0.25) is 0 Å². The van der Waals surface area contributed by atoms with Crippen LogP contribution in [-0.4, -0.2) is 31.2 Å². The van der Waals surface area contributed by atoms with E-state index in [1.165, 1.54) is 0 Å². The quantitative estimate of drug-likeness (QED) is 0.389. The summed E-state index contributed by atoms with van der Waals surface area (Å²) in [5.41, 5.74) is 3.28. The number of para-hydroxylation sites is 2. The van der Waals surface area contributed by atoms with Crippen molar-refractivity contribution in [2.45, 2.75) is 13.0 Å². The lowest BCUT2D eigenvalue weighted by atomic mass is 10.1. The van der Waals surface area contributed by atoms with Gasteiger partial charge in [0.25, 0.3) is 5.91 Å². The third-order valence-corrected chi connectivity index (χ3v) is 5.13. The molecule has 1 heterocycles. The zero-order valence-electron chi connectivity index (χ0n) is 18.0. The number of benzene rings is 3. The van der Waals surface area contributed by atoms with E-state index in [1.807, 2.05) is 66.9 Å². The molecule has 0 unspecified atom stereocenters. The Morgan fingerprint density at radius 2 is 1.72 bits per heavy atom. The number of methoxy groups -OCH3 is 1. The van der Waals surface area contributed by atoms with E-state index in [-0.39, 0.29) is 12.5 Å². The molecule has 0 saturated heterocycles. The molecule has 0 radical (unpaired) electrons. The number of hydrogen-bond acceptors (Lipinski definition) is 4. The number of H-pyrrole nitrogens is 1. The van der Waals surface area contributed by atoms with Gasteiger partial charge < -0.3 is 24.5 Å². The molecule has 6 heteroatoms. The maximum atomic E-state index is 12.1. The minimum Gasteiger partial charge on any atom is -0.493 e. The van der Waals surface area contributed by atoms with Crippen LogP contribution in [-0.2, 0) is 17.8 Å². The first kappa shape index (κ1) is 21.3. The van der Waals surface area contributed by atoms with Crippen LogP contribution in [0.2, 0.25) is 0 Å². The maximum absolute atomic E-state index is 12.1. The summed E-state index contributed by atoms with van der Waals surface area (Å²) >= 11 is 0. The number of nitrogens with one attached hydrogen (secondary N) is 2. The molecule has 0 aliphatic carbocycles. The fourth-order valence-corrected chi connectivity index (χ4v) is 3.47. The molecular formula is C26H26N2O4. The highest BCUT2D eigenvalue weighted by atomic mass is 16.5. The van der Waals surface area contributed by atoms with E-state index in [9.17, 15) is 4.79 Å². The second kappa shape index (κ2) is 10.4. The van der Waals surface area contributed by atoms with E-state index < -0.39 is 0 Å². The van der Waals surface area contributed by atoms with Crippen LogP contribution in [0.1, 0.15) is 11.1 Å². The van der Waals surface area contributed by atoms with Gasteiger partial charge in [-0.15, -0.1) is 0 Å². The molecular weight excluding hydrogens is 404 g/mol. The minimum absolute atomic E-state index is 0.0592. The summed E-state index contributed by atoms with van der Waals surface area (Å²) in [7, 11) is 1.57. The minimum atomic E-state index is -0.174. The Bertz CT molecular complexity index is 1170. The highest BCUT2D eigenvalue weighted by Crippen LogP contribution is 2.26. The van der Waals surface area contributed by atoms with E-state index in [0.717, 1.165) is 27.8 Å². The van der Waals surface area contributed by atoms with Crippen molar-refractivity contribution in [1.82, 2.24) is 10.3 Å². The highest BCUT2D eigenvalue weighted by molar-refractivity contribution is 5.84. The molecule has 0 aliphatic heterocycles. The first-order valence-electron chi connectivity index (χ1n) is 10.5. The first-order valence-corrected chi connectivity index (χ1v) is 10.5. The lowest BCUT2D eigenvalue weighted by molar-refractivity contribution is -0.123. The normalized spacial score (nSPS) is 10.7. The number of amides is 1. The Morgan fingerprint density at radius 1 is 0.938 bits per heavy atom. The fraction of sp³-hybridized carbons (Fsp3) is 0.192. The molecule has 4 aromatic rings. The van der Waals surface area contributed by atoms with Crippen LogP contribution in [0.3, 0.4) is 0 Å². The van der Waals surface area contributed by atoms with Gasteiger partial charge in [-0.1, -0.05) is 42.5 Å². The van der Waals surface area contributed by atoms with Crippen LogP contribution in [0.15, 0.2) is 79.0 Å². The molecule has 2 N–H and O–H groups in total. The van der Waals surface area contributed by atoms with Crippen molar-refractivity contribution < 1.29 is 19.0 Å². The van der Waals surface area contributed by atoms with E-state index in [1.54, 1.807) is 19.2 Å². The predicted octanol–water partition coefficient (Wildman–Crippen LogP) is 4.49. The Hall–Kier alpha value is -3.93. The summed E-state index contributed by atoms with van der Waals surface area (Å²) < 4.78 is 16.7. The summed E-state index contributed by atoms with van der Waals surface area (Å²) in [6.45, 7) is 0.993. The summed E-state index contributed by atoms with van der Waals surface area (Å²) in [6, 6.07) is 23.4. The molecule has 0 atom stereocenters. The van der Waals surface area contributed by atoms with Crippen molar-refractivity contribution in [3.05, 3.63) is 90.1 Å². The summed E-state index contributed by atoms with van der Waals surface area (Å²) in [5.74, 6) is 1.79. The lowest BCUT2D eigenvalue weighted by Crippen LogP contribution is -2.30. The molecule has 6 nitrogen and oxygen atoms in total. The molecule has 0 saturated carbocycles. The van der Waals surface area contributed by atoms with Crippen molar-refractivity contribution in [2.75, 3.05) is 20.3 Å². The smallest absolute Gasteiger partial charge is 0.257 e. The van der Waals surface area contributed by atoms with Gasteiger partial charge in [-0.25, -0.2) is 0 Å². The molecule has 164 valence electrons. The maximum Gasteiger partial charge on any atom is 0.257 e. The Kier molecular flexibility index (Phi) is 6.92. The van der Waals surface area contributed by atoms with Crippen molar-refractivity contribution in [2.24, 2.45) is 0 Å². The van der Waals surface area contributed by atoms with Crippen LogP contribution in [0.25, 0.3) is 10.9 Å². The van der Waals surface area contributed by atoms with E-state index in [0.29, 0.717) is 31.1 Å². The third-order valence-electron chi connectivity index (χ3n) is 5.13. The van der Waals surface area contributed by atoms with Gasteiger partial charge in [-0.3, -0.25) is 4.79 Å². The van der Waals surface area contributed by atoms with E-state index in [4.69, 9.17) is 14.2 Å². The molecule has 0 aliphatic rings. The zero-order valence-corrected chi connectivity index (χ0v) is 18.0. The van der Waals surface area contributed by atoms with Gasteiger partial charge in [-0.05, 0) is 41.8 Å². The van der Waals surface area contributed by atoms with Crippen LogP contribution in [0, 0.1) is 0 Å². The van der Waals surface area contributed by atoms with E-state index >= 15 is 0 Å². The van der Waals surface area contributed by atoms with Gasteiger partial charge in [0, 0.05) is 29.7 Å². The number of ether oxygens (including phenoxy) is 3. The lowest BCUT2D eigenvalue weighted by Gasteiger charge is -2.10. The second-order valence-corrected chi connectivity index (χ2v) is 7.34. The van der Waals surface area contributed by atoms with Gasteiger partial charge in [-0.2, -0.15) is 0 Å². The number of carbonyl (C=O) groups is 1. The average Bonchev–Trinajstić information content (AvgIpc) is 3.24. The van der Waals surface area contributed by atoms with Crippen LogP contribution < -0.4 is 19.5 Å². The topological polar surface area (TPSA) is 72.6 Å². The predicted molar refractivity (Wildman–Crippen MR) is 124 cm³/mol. The Morgan fingerprint density at radius 3 is 2.53 bits per heavy atom. The number of rotatable bonds is 10. The second-order valence-electron chi connectivity index (χ2n) is 7.34. The van der Waals surface area contributed by atoms with E-state index in [2.05, 4.69) is 10.3 Å². The largest absolute Gasteiger partial charge is 0.493 e. The number of carbonyl (C=O) groups excluding carboxylic acids is 1. The molecule has 1 aromatic heterocycles. The van der Waals surface area contributed by atoms with Gasteiger partial charge in [0.15, 0.2) is 18.1 Å². The van der Waals surface area contributed by atoms with Gasteiger partial charge in [0.05, 0.1) is 7.11 Å². The number of hydrogen-bond donors (Lipinski definition) is 2. The number of aromatic amines is 1. The molecule has 1 amide bonds. The summed E-state index contributed by atoms with van der Waals surface area (Å²) in [6.07, 6.45) is 2.69. The van der Waals surface area contributed by atoms with Crippen LogP contribution in [0.5, 0.6) is 17.2 Å². The monoisotopic (exact) mass is 430 g/mol. The van der Waals surface area contributed by atoms with Crippen molar-refractivity contribution in [3.63, 3.8) is 0 Å². The highest BCUT2D eigenvalue weighted by Gasteiger charge is 2.09. The van der Waals surface area contributed by atoms with Gasteiger partial charge in [0.1, 0.15) is 12.4 Å². The average molecular weight is 431 g/mol. The fourth-order valence-electron chi connectivity index (χ4n) is 3.47. The standard InChI is InChI=1S/C26H26N2O4/c1-30-24-9-5-6-10-25(24)32-18-26(29)27-14-13-20-16-28-23-15-21(11-12-22(20)23)31-17-19-7-3-2-4-8-19/h2-12,15-16,28H,13-14,17-18H2,1H3,(H,27,29). The molecule has 0 fully saturated rings. The van der Waals surface area contributed by atoms with Crippen molar-refractivity contribution in [3.8, 4) is 17.2 Å². The molecule has 32 heavy (non-hydrogen) atoms. The van der Waals surface area contributed by atoms with Gasteiger partial charge >= 0.3 is 0 Å². The Balaban J connectivity index is 1.26. The molecule has 4 rings (SSSR count). The Labute approximate surface area is 187 Å². The van der Waals surface area contributed by atoms with Crippen molar-refractivity contribution in [1.29, 1.82) is 0 Å². The first-order chi connectivity index (χ1) is 15.7. The summed E-state index contributed by atoms with van der Waals surface area (Å²) in [5, 5.41) is 4.02. The molecule has 0 spiro atoms. The van der Waals surface area contributed by atoms with Crippen LogP contribution >= 0.6 is 0 Å². The number of aromatic nitrogens is 1. The SMILES string of the molecule is COc1ccccc1OCC(=O)NCCc1c[nH]c2cc(OCc3ccccc3)ccc12. The van der Waals surface area contributed by atoms with Crippen molar-refractivity contribution >= 4 is 16.8 Å². The number of fused-ring (bicyclic) bond motifs is 1.